The third kappa shape index (κ3) is 3.78. The number of benzene rings is 1. The van der Waals surface area contributed by atoms with E-state index in [2.05, 4.69) is 27.0 Å². The molecule has 0 saturated heterocycles. The van der Waals surface area contributed by atoms with Crippen LogP contribution in [0.1, 0.15) is 43.6 Å². The lowest BCUT2D eigenvalue weighted by atomic mass is 9.84. The van der Waals surface area contributed by atoms with E-state index < -0.39 is 0 Å². The van der Waals surface area contributed by atoms with Crippen molar-refractivity contribution in [3.05, 3.63) is 51.6 Å². The molecule has 0 amide bonds. The van der Waals surface area contributed by atoms with Gasteiger partial charge in [0.2, 0.25) is 5.88 Å². The smallest absolute Gasteiger partial charge is 0.219 e. The zero-order valence-corrected chi connectivity index (χ0v) is 14.0. The molecule has 110 valence electrons. The van der Waals surface area contributed by atoms with Gasteiger partial charge in [0, 0.05) is 16.7 Å². The summed E-state index contributed by atoms with van der Waals surface area (Å²) in [6.45, 7) is 0. The highest BCUT2D eigenvalue weighted by Gasteiger charge is 2.17. The van der Waals surface area contributed by atoms with Crippen LogP contribution in [0.5, 0.6) is 11.6 Å². The van der Waals surface area contributed by atoms with Gasteiger partial charge in [0.1, 0.15) is 5.75 Å². The van der Waals surface area contributed by atoms with Gasteiger partial charge in [-0.05, 0) is 58.5 Å². The zero-order chi connectivity index (χ0) is 14.7. The van der Waals surface area contributed by atoms with E-state index in [-0.39, 0.29) is 0 Å². The second-order valence-electron chi connectivity index (χ2n) is 5.44. The first-order chi connectivity index (χ1) is 10.2. The Morgan fingerprint density at radius 3 is 2.57 bits per heavy atom. The number of hydrogen-bond donors (Lipinski definition) is 0. The van der Waals surface area contributed by atoms with Crippen molar-refractivity contribution >= 4 is 27.5 Å². The Morgan fingerprint density at radius 2 is 1.90 bits per heavy atom. The standard InChI is InChI=1S/C17H17BrClNO/c18-14-7-9-17(20-11-14)21-16-8-6-13(10-15(16)19)12-4-2-1-3-5-12/h6-12H,1-5H2. The topological polar surface area (TPSA) is 22.1 Å². The van der Waals surface area contributed by atoms with Crippen molar-refractivity contribution < 1.29 is 4.74 Å². The van der Waals surface area contributed by atoms with Gasteiger partial charge < -0.3 is 4.74 Å². The first-order valence-corrected chi connectivity index (χ1v) is 8.48. The minimum absolute atomic E-state index is 0.547. The summed E-state index contributed by atoms with van der Waals surface area (Å²) >= 11 is 9.72. The highest BCUT2D eigenvalue weighted by atomic mass is 79.9. The third-order valence-electron chi connectivity index (χ3n) is 3.95. The van der Waals surface area contributed by atoms with E-state index in [4.69, 9.17) is 16.3 Å². The predicted octanol–water partition coefficient (Wildman–Crippen LogP) is 6.34. The Morgan fingerprint density at radius 1 is 1.10 bits per heavy atom. The summed E-state index contributed by atoms with van der Waals surface area (Å²) < 4.78 is 6.67. The lowest BCUT2D eigenvalue weighted by molar-refractivity contribution is 0.441. The molecule has 3 rings (SSSR count). The second-order valence-corrected chi connectivity index (χ2v) is 6.76. The lowest BCUT2D eigenvalue weighted by Gasteiger charge is -2.22. The van der Waals surface area contributed by atoms with E-state index in [0.29, 0.717) is 22.6 Å². The molecule has 1 saturated carbocycles. The van der Waals surface area contributed by atoms with Gasteiger partial charge in [-0.1, -0.05) is 36.9 Å². The molecule has 0 unspecified atom stereocenters. The van der Waals surface area contributed by atoms with Crippen LogP contribution in [0.25, 0.3) is 0 Å². The van der Waals surface area contributed by atoms with E-state index in [1.165, 1.54) is 37.7 Å². The van der Waals surface area contributed by atoms with Crippen molar-refractivity contribution in [2.24, 2.45) is 0 Å². The van der Waals surface area contributed by atoms with Crippen molar-refractivity contribution in [1.29, 1.82) is 0 Å². The number of rotatable bonds is 3. The quantitative estimate of drug-likeness (QED) is 0.632. The Labute approximate surface area is 138 Å². The highest BCUT2D eigenvalue weighted by Crippen LogP contribution is 2.37. The van der Waals surface area contributed by atoms with Gasteiger partial charge in [-0.3, -0.25) is 0 Å². The molecule has 1 aliphatic carbocycles. The Hall–Kier alpha value is -1.06. The van der Waals surface area contributed by atoms with Gasteiger partial charge in [0.25, 0.3) is 0 Å². The molecule has 1 aromatic heterocycles. The Bertz CT molecular complexity index is 609. The number of hydrogen-bond acceptors (Lipinski definition) is 2. The minimum Gasteiger partial charge on any atom is -0.437 e. The van der Waals surface area contributed by atoms with Crippen LogP contribution in [0.2, 0.25) is 5.02 Å². The monoisotopic (exact) mass is 365 g/mol. The molecular weight excluding hydrogens is 350 g/mol. The van der Waals surface area contributed by atoms with Crippen LogP contribution in [-0.4, -0.2) is 4.98 Å². The number of halogens is 2. The van der Waals surface area contributed by atoms with Crippen LogP contribution in [0, 0.1) is 0 Å². The number of aromatic nitrogens is 1. The summed E-state index contributed by atoms with van der Waals surface area (Å²) in [5, 5.41) is 0.655. The molecule has 1 heterocycles. The second kappa shape index (κ2) is 6.80. The van der Waals surface area contributed by atoms with Crippen LogP contribution in [0.3, 0.4) is 0 Å². The maximum absolute atomic E-state index is 6.37. The van der Waals surface area contributed by atoms with Crippen molar-refractivity contribution in [3.63, 3.8) is 0 Å². The molecule has 0 bridgehead atoms. The van der Waals surface area contributed by atoms with E-state index in [0.717, 1.165) is 4.47 Å². The first-order valence-electron chi connectivity index (χ1n) is 7.31. The maximum atomic E-state index is 6.37. The van der Waals surface area contributed by atoms with Gasteiger partial charge in [0.05, 0.1) is 5.02 Å². The van der Waals surface area contributed by atoms with Crippen molar-refractivity contribution in [2.45, 2.75) is 38.0 Å². The summed E-state index contributed by atoms with van der Waals surface area (Å²) in [4.78, 5) is 4.20. The average Bonchev–Trinajstić information content (AvgIpc) is 2.52. The average molecular weight is 367 g/mol. The van der Waals surface area contributed by atoms with Crippen LogP contribution < -0.4 is 4.74 Å². The molecule has 21 heavy (non-hydrogen) atoms. The first kappa shape index (κ1) is 14.9. The molecule has 0 spiro atoms. The van der Waals surface area contributed by atoms with Gasteiger partial charge in [-0.15, -0.1) is 0 Å². The highest BCUT2D eigenvalue weighted by molar-refractivity contribution is 9.10. The molecule has 0 radical (unpaired) electrons. The Balaban J connectivity index is 1.76. The molecule has 1 aromatic carbocycles. The van der Waals surface area contributed by atoms with E-state index in [1.54, 1.807) is 6.20 Å². The fraction of sp³-hybridized carbons (Fsp3) is 0.353. The zero-order valence-electron chi connectivity index (χ0n) is 11.7. The third-order valence-corrected chi connectivity index (χ3v) is 4.71. The summed E-state index contributed by atoms with van der Waals surface area (Å²) in [5.74, 6) is 1.85. The number of nitrogens with zero attached hydrogens (tertiary/aromatic N) is 1. The Kier molecular flexibility index (Phi) is 4.81. The number of pyridine rings is 1. The molecule has 1 aliphatic rings. The van der Waals surface area contributed by atoms with Crippen LogP contribution in [0.15, 0.2) is 41.0 Å². The molecular formula is C17H17BrClNO. The molecule has 0 atom stereocenters. The van der Waals surface area contributed by atoms with Crippen molar-refractivity contribution in [3.8, 4) is 11.6 Å². The van der Waals surface area contributed by atoms with Crippen LogP contribution >= 0.6 is 27.5 Å². The summed E-state index contributed by atoms with van der Waals surface area (Å²) in [6, 6.07) is 9.85. The van der Waals surface area contributed by atoms with E-state index in [9.17, 15) is 0 Å². The SMILES string of the molecule is Clc1cc(C2CCCCC2)ccc1Oc1ccc(Br)cn1. The van der Waals surface area contributed by atoms with Crippen LogP contribution in [0.4, 0.5) is 0 Å². The van der Waals surface area contributed by atoms with E-state index >= 15 is 0 Å². The van der Waals surface area contributed by atoms with Crippen molar-refractivity contribution in [2.75, 3.05) is 0 Å². The molecule has 1 fully saturated rings. The molecule has 0 N–H and O–H groups in total. The fourth-order valence-electron chi connectivity index (χ4n) is 2.82. The largest absolute Gasteiger partial charge is 0.437 e. The van der Waals surface area contributed by atoms with Gasteiger partial charge in [-0.25, -0.2) is 4.98 Å². The normalized spacial score (nSPS) is 15.9. The number of ether oxygens (including phenoxy) is 1. The summed E-state index contributed by atoms with van der Waals surface area (Å²) in [6.07, 6.45) is 8.25. The van der Waals surface area contributed by atoms with Gasteiger partial charge in [0.15, 0.2) is 0 Å². The molecule has 4 heteroatoms. The molecule has 2 nitrogen and oxygen atoms in total. The maximum Gasteiger partial charge on any atom is 0.219 e. The summed E-state index contributed by atoms with van der Waals surface area (Å²) in [7, 11) is 0. The van der Waals surface area contributed by atoms with Crippen molar-refractivity contribution in [1.82, 2.24) is 4.98 Å². The predicted molar refractivity (Wildman–Crippen MR) is 89.3 cm³/mol. The fourth-order valence-corrected chi connectivity index (χ4v) is 3.29. The lowest BCUT2D eigenvalue weighted by Crippen LogP contribution is -2.04. The summed E-state index contributed by atoms with van der Waals surface area (Å²) in [5.41, 5.74) is 1.33. The molecule has 2 aromatic rings. The van der Waals surface area contributed by atoms with Crippen LogP contribution in [-0.2, 0) is 0 Å². The van der Waals surface area contributed by atoms with Gasteiger partial charge in [-0.2, -0.15) is 0 Å². The molecule has 0 aliphatic heterocycles. The minimum atomic E-state index is 0.547. The van der Waals surface area contributed by atoms with E-state index in [1.807, 2.05) is 24.3 Å². The van der Waals surface area contributed by atoms with Gasteiger partial charge >= 0.3 is 0 Å².